The number of halogens is 5. The van der Waals surface area contributed by atoms with E-state index in [0.717, 1.165) is 17.2 Å². The van der Waals surface area contributed by atoms with E-state index in [9.17, 15) is 22.0 Å². The summed E-state index contributed by atoms with van der Waals surface area (Å²) in [4.78, 5) is 4.11. The first-order chi connectivity index (χ1) is 70.2. The van der Waals surface area contributed by atoms with Crippen molar-refractivity contribution in [2.75, 3.05) is 0 Å². The molecule has 0 fully saturated rings. The van der Waals surface area contributed by atoms with Gasteiger partial charge in [0.15, 0.2) is 0 Å². The van der Waals surface area contributed by atoms with E-state index in [1.807, 2.05) is 35.9 Å². The lowest BCUT2D eigenvalue weighted by Crippen LogP contribution is -2.15. The monoisotopic (exact) mass is 1980 g/mol. The standard InChI is InChI=1S/2C17H18.C14H12O.C14H14.2C12H12.C11H11N.C10H10S.C9H9F3.C8H8F2.2C8H10/c1-11-6-8-15-14(9-11)13-7-5-12(2)10-16(13)17(15,3)4;1-11-5-7-13-14-8-6-12(2)10-16(14)17(3,4)15(13)9-11;1-9-7-8-10(2)14-13(9)11-5-3-4-6-12(11)15-14;1-11-3-7-13(8-4-11)14-9-5-12(2)6-10-14;1-9-7-10(2)12-6-4-3-5-11(12)8-9;1-9-7-8-10(2)12-6-4-3-5-11(9)12;1-8-3-4-9(2)11-7-12-6-5-10(8)11;1-7-3-4-8(2)10-9(7)5-6-11-10;1-6-3-4-7(2)8(5-6)9(10,11)12;1-5-3-8(10)6(2)4-7(5)9;1-7-3-5-8(2)6-4-7;1-7-4-3-5-8(2)6-7/h2*5-10H,1-4H3;3-8H,1-2H3;3-10H,1-2H3;2*3-8H,1-2H3;3-7H,1-2H3;3-6H,1-2H3;3-5H,1-2H3;3-4H,1-2H3;2*3-6H,1-2H3. The molecule has 0 amide bonds. The molecule has 23 rings (SSSR count). The first-order valence-electron chi connectivity index (χ1n) is 51.0. The highest BCUT2D eigenvalue weighted by Crippen LogP contribution is 2.51. The molecule has 2 aliphatic rings. The van der Waals surface area contributed by atoms with Crippen LogP contribution in [0.1, 0.15) is 189 Å². The molecule has 0 spiro atoms. The van der Waals surface area contributed by atoms with Crippen molar-refractivity contribution >= 4 is 75.7 Å². The molecular formula is C140H144F5NOS. The number of nitrogens with zero attached hydrogens (tertiary/aromatic N) is 1. The van der Waals surface area contributed by atoms with Crippen molar-refractivity contribution in [3.8, 4) is 33.4 Å². The normalized spacial score (nSPS) is 11.7. The van der Waals surface area contributed by atoms with E-state index in [0.29, 0.717) is 16.7 Å². The molecule has 0 radical (unpaired) electrons. The minimum Gasteiger partial charge on any atom is -0.456 e. The van der Waals surface area contributed by atoms with Gasteiger partial charge in [0.1, 0.15) is 22.8 Å². The van der Waals surface area contributed by atoms with Crippen molar-refractivity contribution in [3.63, 3.8) is 0 Å². The van der Waals surface area contributed by atoms with E-state index < -0.39 is 11.7 Å². The van der Waals surface area contributed by atoms with E-state index in [4.69, 9.17) is 4.42 Å². The Morgan fingerprint density at radius 2 is 0.622 bits per heavy atom. The SMILES string of the molecule is Cc1cc(C)c2ccccc2c1.Cc1cc(F)c(C)cc1F.Cc1ccc(-c2ccc(C)cc2)cc1.Cc1ccc(C)c(C(F)(F)F)c1.Cc1ccc(C)c2c1oc1ccccc12.Cc1ccc(C)c2ccccc12.Cc1ccc(C)c2cnccc12.Cc1ccc(C)c2sccc12.Cc1ccc(C)cc1.Cc1ccc2c(c1)-c1ccc(C)cc1C2(C)C.Cc1ccc2c(c1)C(C)(C)c1cc(C)ccc1-2.Cc1cccc(C)c1. The number of pyridine rings is 1. The Kier molecular flexibility index (Phi) is 38.0. The average Bonchev–Trinajstić information content (AvgIpc) is 1.58. The second-order valence-corrected chi connectivity index (χ2v) is 42.1. The summed E-state index contributed by atoms with van der Waals surface area (Å²) in [5.74, 6) is -0.696. The lowest BCUT2D eigenvalue weighted by molar-refractivity contribution is -0.138. The summed E-state index contributed by atoms with van der Waals surface area (Å²) in [7, 11) is 0. The molecule has 18 aromatic carbocycles. The molecule has 0 bridgehead atoms. The summed E-state index contributed by atoms with van der Waals surface area (Å²) in [6.07, 6.45) is -0.456. The molecule has 756 valence electrons. The van der Waals surface area contributed by atoms with Gasteiger partial charge in [0, 0.05) is 44.1 Å². The predicted octanol–water partition coefficient (Wildman–Crippen LogP) is 41.2. The zero-order valence-corrected chi connectivity index (χ0v) is 92.6. The van der Waals surface area contributed by atoms with Crippen LogP contribution in [0.15, 0.2) is 368 Å². The second-order valence-electron chi connectivity index (χ2n) is 41.2. The summed E-state index contributed by atoms with van der Waals surface area (Å²) in [5, 5.41) is 14.1. The molecule has 0 N–H and O–H groups in total. The van der Waals surface area contributed by atoms with Gasteiger partial charge < -0.3 is 4.42 Å². The average molecular weight is 1980 g/mol. The maximum absolute atomic E-state index is 12.6. The van der Waals surface area contributed by atoms with Crippen molar-refractivity contribution in [3.05, 3.63) is 537 Å². The number of hydrogen-bond acceptors (Lipinski definition) is 3. The van der Waals surface area contributed by atoms with Crippen LogP contribution in [0.5, 0.6) is 0 Å². The zero-order chi connectivity index (χ0) is 107. The first kappa shape index (κ1) is 112. The highest BCUT2D eigenvalue weighted by molar-refractivity contribution is 7.17. The van der Waals surface area contributed by atoms with Gasteiger partial charge in [-0.15, -0.1) is 11.3 Å². The number of aromatic nitrogens is 1. The fourth-order valence-electron chi connectivity index (χ4n) is 18.9. The van der Waals surface area contributed by atoms with Crippen molar-refractivity contribution in [1.82, 2.24) is 4.98 Å². The van der Waals surface area contributed by atoms with Gasteiger partial charge in [-0.25, -0.2) is 8.78 Å². The number of hydrogen-bond donors (Lipinski definition) is 0. The molecule has 148 heavy (non-hydrogen) atoms. The Morgan fingerprint density at radius 3 is 1.09 bits per heavy atom. The summed E-state index contributed by atoms with van der Waals surface area (Å²) in [6.45, 7) is 58.2. The Labute approximate surface area is 881 Å². The number of thiophene rings is 1. The maximum atomic E-state index is 12.6. The lowest BCUT2D eigenvalue weighted by Gasteiger charge is -2.22. The molecule has 8 heteroatoms. The van der Waals surface area contributed by atoms with Gasteiger partial charge in [-0.05, 0) is 363 Å². The number of alkyl halides is 3. The second kappa shape index (κ2) is 50.1. The molecule has 2 aliphatic carbocycles. The molecule has 3 heterocycles. The number of furan rings is 1. The minimum absolute atomic E-state index is 0.142. The molecule has 0 saturated carbocycles. The van der Waals surface area contributed by atoms with Crippen molar-refractivity contribution in [2.45, 2.75) is 211 Å². The van der Waals surface area contributed by atoms with Crippen LogP contribution in [-0.2, 0) is 17.0 Å². The number of para-hydroxylation sites is 1. The Balaban J connectivity index is 0.000000144. The topological polar surface area (TPSA) is 26.0 Å². The highest BCUT2D eigenvalue weighted by atomic mass is 32.1. The number of fused-ring (bicyclic) bond motifs is 13. The van der Waals surface area contributed by atoms with Crippen LogP contribution in [-0.4, -0.2) is 4.98 Å². The van der Waals surface area contributed by atoms with Gasteiger partial charge in [0.05, 0.1) is 5.56 Å². The minimum atomic E-state index is -4.23. The van der Waals surface area contributed by atoms with E-state index in [-0.39, 0.29) is 28.0 Å². The molecule has 2 nitrogen and oxygen atoms in total. The summed E-state index contributed by atoms with van der Waals surface area (Å²) >= 11 is 1.83. The van der Waals surface area contributed by atoms with E-state index in [1.54, 1.807) is 13.0 Å². The molecule has 0 aliphatic heterocycles. The molecular weight excluding hydrogens is 1840 g/mol. The zero-order valence-electron chi connectivity index (χ0n) is 91.8. The van der Waals surface area contributed by atoms with Gasteiger partial charge in [0.2, 0.25) is 0 Å². The van der Waals surface area contributed by atoms with Gasteiger partial charge in [-0.1, -0.05) is 404 Å². The van der Waals surface area contributed by atoms with Gasteiger partial charge in [-0.3, -0.25) is 4.98 Å². The first-order valence-corrected chi connectivity index (χ1v) is 51.9. The van der Waals surface area contributed by atoms with Crippen molar-refractivity contribution in [2.24, 2.45) is 0 Å². The third-order valence-electron chi connectivity index (χ3n) is 27.7. The third kappa shape index (κ3) is 28.8. The molecule has 21 aromatic rings. The Bertz CT molecular complexity index is 7780. The van der Waals surface area contributed by atoms with Crippen LogP contribution in [0.25, 0.3) is 97.7 Å². The Morgan fingerprint density at radius 1 is 0.250 bits per heavy atom. The van der Waals surface area contributed by atoms with Crippen molar-refractivity contribution in [1.29, 1.82) is 0 Å². The van der Waals surface area contributed by atoms with Crippen LogP contribution in [0, 0.1) is 178 Å². The fourth-order valence-corrected chi connectivity index (χ4v) is 19.9. The van der Waals surface area contributed by atoms with Gasteiger partial charge in [0.25, 0.3) is 0 Å². The third-order valence-corrected chi connectivity index (χ3v) is 28.8. The van der Waals surface area contributed by atoms with Crippen LogP contribution in [0.2, 0.25) is 0 Å². The van der Waals surface area contributed by atoms with Gasteiger partial charge in [-0.2, -0.15) is 13.2 Å². The van der Waals surface area contributed by atoms with Crippen LogP contribution < -0.4 is 0 Å². The number of benzene rings is 18. The molecule has 3 aromatic heterocycles. The number of aryl methyl sites for hydroxylation is 24. The number of rotatable bonds is 1. The van der Waals surface area contributed by atoms with Gasteiger partial charge >= 0.3 is 6.18 Å². The van der Waals surface area contributed by atoms with Crippen molar-refractivity contribution < 1.29 is 26.4 Å². The smallest absolute Gasteiger partial charge is 0.416 e. The summed E-state index contributed by atoms with van der Waals surface area (Å²) < 4.78 is 69.2. The van der Waals surface area contributed by atoms with E-state index in [1.165, 1.54) is 259 Å². The summed E-state index contributed by atoms with van der Waals surface area (Å²) in [6, 6.07) is 119. The van der Waals surface area contributed by atoms with E-state index in [2.05, 4.69) is 480 Å². The van der Waals surface area contributed by atoms with Crippen LogP contribution in [0.4, 0.5) is 22.0 Å². The Hall–Kier alpha value is -14.7. The van der Waals surface area contributed by atoms with Crippen LogP contribution >= 0.6 is 11.3 Å². The predicted molar refractivity (Wildman–Crippen MR) is 629 cm³/mol. The largest absolute Gasteiger partial charge is 0.456 e. The lowest BCUT2D eigenvalue weighted by atomic mass is 9.81. The highest BCUT2D eigenvalue weighted by Gasteiger charge is 2.37. The summed E-state index contributed by atoms with van der Waals surface area (Å²) in [5.41, 5.74) is 44.1. The molecule has 0 atom stereocenters. The van der Waals surface area contributed by atoms with Crippen LogP contribution in [0.3, 0.4) is 0 Å². The quantitative estimate of drug-likeness (QED) is 0.153. The fraction of sp³-hybridized carbons (Fsp3) is 0.221. The maximum Gasteiger partial charge on any atom is 0.416 e. The molecule has 0 unspecified atom stereocenters. The van der Waals surface area contributed by atoms with E-state index >= 15 is 0 Å². The molecule has 0 saturated heterocycles.